The van der Waals surface area contributed by atoms with E-state index in [-0.39, 0.29) is 12.5 Å². The van der Waals surface area contributed by atoms with Crippen LogP contribution in [0.4, 0.5) is 4.79 Å². The lowest BCUT2D eigenvalue weighted by Gasteiger charge is -2.22. The van der Waals surface area contributed by atoms with Crippen LogP contribution in [-0.4, -0.2) is 24.6 Å². The van der Waals surface area contributed by atoms with Crippen LogP contribution in [0.25, 0.3) is 0 Å². The number of amides is 2. The molecule has 1 heterocycles. The largest absolute Gasteiger partial charge is 0.434 e. The van der Waals surface area contributed by atoms with Crippen LogP contribution >= 0.6 is 23.2 Å². The van der Waals surface area contributed by atoms with E-state index in [2.05, 4.69) is 10.6 Å². The van der Waals surface area contributed by atoms with Gasteiger partial charge in [0.05, 0.1) is 12.6 Å². The van der Waals surface area contributed by atoms with Crippen molar-refractivity contribution in [1.29, 1.82) is 0 Å². The third-order valence-corrected chi connectivity index (χ3v) is 4.65. The van der Waals surface area contributed by atoms with Crippen LogP contribution in [0, 0.1) is 6.92 Å². The Morgan fingerprint density at radius 3 is 2.48 bits per heavy atom. The SMILES string of the molecule is Cc1cc(C(NC(=O)[C@@H]2CNC(=O)O2)c2ccc(Cl)cc2)ccc1Cl. The van der Waals surface area contributed by atoms with Crippen molar-refractivity contribution in [2.75, 3.05) is 6.54 Å². The van der Waals surface area contributed by atoms with Gasteiger partial charge in [-0.25, -0.2) is 4.79 Å². The van der Waals surface area contributed by atoms with Gasteiger partial charge in [0.25, 0.3) is 5.91 Å². The predicted molar refractivity (Wildman–Crippen MR) is 95.9 cm³/mol. The second-order valence-electron chi connectivity index (χ2n) is 5.78. The molecule has 2 atom stereocenters. The number of carbonyl (C=O) groups excluding carboxylic acids is 2. The summed E-state index contributed by atoms with van der Waals surface area (Å²) in [4.78, 5) is 23.6. The number of cyclic esters (lactones) is 1. The molecular formula is C18H16Cl2N2O3. The van der Waals surface area contributed by atoms with Crippen molar-refractivity contribution in [1.82, 2.24) is 10.6 Å². The highest BCUT2D eigenvalue weighted by Gasteiger charge is 2.31. The Hall–Kier alpha value is -2.24. The molecule has 1 fully saturated rings. The van der Waals surface area contributed by atoms with Crippen LogP contribution in [-0.2, 0) is 9.53 Å². The summed E-state index contributed by atoms with van der Waals surface area (Å²) in [5.74, 6) is -0.370. The molecule has 5 nitrogen and oxygen atoms in total. The van der Waals surface area contributed by atoms with Gasteiger partial charge in [0.2, 0.25) is 0 Å². The summed E-state index contributed by atoms with van der Waals surface area (Å²) in [7, 11) is 0. The number of halogens is 2. The third-order valence-electron chi connectivity index (χ3n) is 3.98. The Bertz CT molecular complexity index is 808. The monoisotopic (exact) mass is 378 g/mol. The molecule has 2 amide bonds. The molecule has 1 saturated heterocycles. The summed E-state index contributed by atoms with van der Waals surface area (Å²) in [5.41, 5.74) is 2.63. The Kier molecular flexibility index (Phi) is 5.16. The van der Waals surface area contributed by atoms with Gasteiger partial charge in [-0.3, -0.25) is 4.79 Å². The van der Waals surface area contributed by atoms with E-state index >= 15 is 0 Å². The molecule has 3 rings (SSSR count). The molecule has 1 aliphatic rings. The van der Waals surface area contributed by atoms with Crippen LogP contribution in [0.5, 0.6) is 0 Å². The predicted octanol–water partition coefficient (Wildman–Crippen LogP) is 3.62. The Morgan fingerprint density at radius 2 is 1.88 bits per heavy atom. The zero-order valence-corrected chi connectivity index (χ0v) is 14.9. The van der Waals surface area contributed by atoms with Crippen molar-refractivity contribution < 1.29 is 14.3 Å². The molecule has 2 N–H and O–H groups in total. The van der Waals surface area contributed by atoms with Crippen LogP contribution in [0.3, 0.4) is 0 Å². The average Bonchev–Trinajstić information content (AvgIpc) is 3.03. The number of ether oxygens (including phenoxy) is 1. The minimum Gasteiger partial charge on any atom is -0.434 e. The zero-order valence-electron chi connectivity index (χ0n) is 13.4. The van der Waals surface area contributed by atoms with Gasteiger partial charge in [0.1, 0.15) is 0 Å². The molecule has 1 aliphatic heterocycles. The molecule has 0 bridgehead atoms. The molecule has 0 spiro atoms. The number of carbonyl (C=O) groups is 2. The van der Waals surface area contributed by atoms with E-state index < -0.39 is 18.2 Å². The molecule has 1 unspecified atom stereocenters. The molecule has 130 valence electrons. The fraction of sp³-hybridized carbons (Fsp3) is 0.222. The first-order valence-electron chi connectivity index (χ1n) is 7.70. The minimum atomic E-state index is -0.851. The van der Waals surface area contributed by atoms with E-state index in [9.17, 15) is 9.59 Å². The Balaban J connectivity index is 1.91. The number of rotatable bonds is 4. The number of benzene rings is 2. The number of hydrogen-bond acceptors (Lipinski definition) is 3. The quantitative estimate of drug-likeness (QED) is 0.853. The summed E-state index contributed by atoms with van der Waals surface area (Å²) in [6, 6.07) is 12.4. The van der Waals surface area contributed by atoms with Crippen LogP contribution in [0.2, 0.25) is 10.0 Å². The standard InChI is InChI=1S/C18H16Cl2N2O3/c1-10-8-12(4-7-14(10)20)16(11-2-5-13(19)6-3-11)22-17(23)15-9-21-18(24)25-15/h2-8,15-16H,9H2,1H3,(H,21,24)(H,22,23)/t15-,16?/m0/s1. The number of alkyl carbamates (subject to hydrolysis) is 1. The van der Waals surface area contributed by atoms with Gasteiger partial charge in [-0.05, 0) is 41.8 Å². The summed E-state index contributed by atoms with van der Waals surface area (Å²) >= 11 is 12.1. The maximum Gasteiger partial charge on any atom is 0.408 e. The van der Waals surface area contributed by atoms with E-state index in [0.29, 0.717) is 10.0 Å². The van der Waals surface area contributed by atoms with Crippen LogP contribution in [0.1, 0.15) is 22.7 Å². The lowest BCUT2D eigenvalue weighted by molar-refractivity contribution is -0.128. The Labute approximate surface area is 155 Å². The fourth-order valence-electron chi connectivity index (χ4n) is 2.63. The molecule has 2 aromatic rings. The second kappa shape index (κ2) is 7.33. The summed E-state index contributed by atoms with van der Waals surface area (Å²) < 4.78 is 4.95. The highest BCUT2D eigenvalue weighted by molar-refractivity contribution is 6.31. The summed E-state index contributed by atoms with van der Waals surface area (Å²) in [5, 5.41) is 6.66. The van der Waals surface area contributed by atoms with E-state index in [1.807, 2.05) is 31.2 Å². The Morgan fingerprint density at radius 1 is 1.20 bits per heavy atom. The first-order chi connectivity index (χ1) is 11.9. The van der Waals surface area contributed by atoms with Gasteiger partial charge in [-0.15, -0.1) is 0 Å². The smallest absolute Gasteiger partial charge is 0.408 e. The normalized spacial score (nSPS) is 17.6. The van der Waals surface area contributed by atoms with Crippen molar-refractivity contribution in [2.45, 2.75) is 19.1 Å². The van der Waals surface area contributed by atoms with Gasteiger partial charge in [-0.1, -0.05) is 47.5 Å². The molecule has 0 aliphatic carbocycles. The van der Waals surface area contributed by atoms with E-state index in [4.69, 9.17) is 27.9 Å². The van der Waals surface area contributed by atoms with Gasteiger partial charge in [0, 0.05) is 10.0 Å². The summed E-state index contributed by atoms with van der Waals surface area (Å²) in [6.45, 7) is 2.05. The second-order valence-corrected chi connectivity index (χ2v) is 6.62. The molecule has 0 saturated carbocycles. The maximum absolute atomic E-state index is 12.5. The van der Waals surface area contributed by atoms with Crippen molar-refractivity contribution in [3.63, 3.8) is 0 Å². The van der Waals surface area contributed by atoms with Crippen LogP contribution < -0.4 is 10.6 Å². The molecule has 25 heavy (non-hydrogen) atoms. The maximum atomic E-state index is 12.5. The summed E-state index contributed by atoms with van der Waals surface area (Å²) in [6.07, 6.45) is -1.44. The van der Waals surface area contributed by atoms with Crippen molar-refractivity contribution in [2.24, 2.45) is 0 Å². The lowest BCUT2D eigenvalue weighted by Crippen LogP contribution is -2.39. The molecule has 7 heteroatoms. The highest BCUT2D eigenvalue weighted by Crippen LogP contribution is 2.27. The van der Waals surface area contributed by atoms with Gasteiger partial charge < -0.3 is 15.4 Å². The number of nitrogens with one attached hydrogen (secondary N) is 2. The topological polar surface area (TPSA) is 67.4 Å². The van der Waals surface area contributed by atoms with Crippen molar-refractivity contribution in [3.8, 4) is 0 Å². The van der Waals surface area contributed by atoms with Gasteiger partial charge in [-0.2, -0.15) is 0 Å². The molecular weight excluding hydrogens is 363 g/mol. The first kappa shape index (κ1) is 17.6. The number of hydrogen-bond donors (Lipinski definition) is 2. The highest BCUT2D eigenvalue weighted by atomic mass is 35.5. The van der Waals surface area contributed by atoms with E-state index in [1.165, 1.54) is 0 Å². The average molecular weight is 379 g/mol. The van der Waals surface area contributed by atoms with Crippen LogP contribution in [0.15, 0.2) is 42.5 Å². The molecule has 0 radical (unpaired) electrons. The third kappa shape index (κ3) is 4.06. The lowest BCUT2D eigenvalue weighted by atomic mass is 9.97. The fourth-order valence-corrected chi connectivity index (χ4v) is 2.88. The van der Waals surface area contributed by atoms with Gasteiger partial charge >= 0.3 is 6.09 Å². The zero-order chi connectivity index (χ0) is 18.0. The van der Waals surface area contributed by atoms with E-state index in [0.717, 1.165) is 16.7 Å². The van der Waals surface area contributed by atoms with E-state index in [1.54, 1.807) is 18.2 Å². The number of aryl methyl sites for hydroxylation is 1. The van der Waals surface area contributed by atoms with Gasteiger partial charge in [0.15, 0.2) is 6.10 Å². The molecule has 2 aromatic carbocycles. The molecule has 0 aromatic heterocycles. The minimum absolute atomic E-state index is 0.150. The van der Waals surface area contributed by atoms with Crippen molar-refractivity contribution >= 4 is 35.2 Å². The van der Waals surface area contributed by atoms with Crippen molar-refractivity contribution in [3.05, 3.63) is 69.2 Å². The first-order valence-corrected chi connectivity index (χ1v) is 8.46.